The van der Waals surface area contributed by atoms with Crippen LogP contribution in [0.4, 0.5) is 0 Å². The molecule has 0 aliphatic carbocycles. The van der Waals surface area contributed by atoms with Gasteiger partial charge in [0, 0.05) is 26.6 Å². The maximum absolute atomic E-state index is 12.6. The van der Waals surface area contributed by atoms with Crippen molar-refractivity contribution in [3.05, 3.63) is 28.8 Å². The van der Waals surface area contributed by atoms with Gasteiger partial charge in [0.15, 0.2) is 0 Å². The first-order valence-corrected chi connectivity index (χ1v) is 10.9. The van der Waals surface area contributed by atoms with Crippen molar-refractivity contribution in [2.75, 3.05) is 46.9 Å². The summed E-state index contributed by atoms with van der Waals surface area (Å²) in [5.41, 5.74) is 0.141. The van der Waals surface area contributed by atoms with E-state index in [0.29, 0.717) is 19.1 Å². The third-order valence-corrected chi connectivity index (χ3v) is 6.61. The van der Waals surface area contributed by atoms with Crippen LogP contribution in [0.15, 0.2) is 23.1 Å². The lowest BCUT2D eigenvalue weighted by atomic mass is 10.1. The van der Waals surface area contributed by atoms with E-state index in [2.05, 4.69) is 19.2 Å². The van der Waals surface area contributed by atoms with Gasteiger partial charge in [-0.2, -0.15) is 0 Å². The zero-order chi connectivity index (χ0) is 20.2. The summed E-state index contributed by atoms with van der Waals surface area (Å²) in [6.07, 6.45) is -0.0658. The molecule has 1 unspecified atom stereocenters. The summed E-state index contributed by atoms with van der Waals surface area (Å²) in [5, 5.41) is 3.03. The fourth-order valence-corrected chi connectivity index (χ4v) is 4.23. The number of amides is 1. The molecule has 9 heteroatoms. The van der Waals surface area contributed by atoms with Crippen molar-refractivity contribution in [3.8, 4) is 0 Å². The lowest BCUT2D eigenvalue weighted by Gasteiger charge is -2.31. The number of carbonyl (C=O) groups excluding carboxylic acids is 1. The Balaban J connectivity index is 2.04. The van der Waals surface area contributed by atoms with Gasteiger partial charge in [0.05, 0.1) is 28.6 Å². The number of ether oxygens (including phenoxy) is 1. The highest BCUT2D eigenvalue weighted by Crippen LogP contribution is 2.22. The molecule has 2 N–H and O–H groups in total. The molecule has 1 saturated heterocycles. The lowest BCUT2D eigenvalue weighted by Crippen LogP contribution is -3.15. The molecule has 1 aliphatic heterocycles. The zero-order valence-electron chi connectivity index (χ0n) is 16.3. The zero-order valence-corrected chi connectivity index (χ0v) is 17.9. The molecule has 7 nitrogen and oxygen atoms in total. The van der Waals surface area contributed by atoms with Crippen molar-refractivity contribution >= 4 is 27.5 Å². The van der Waals surface area contributed by atoms with Gasteiger partial charge in [-0.25, -0.2) is 12.7 Å². The molecule has 152 valence electrons. The predicted octanol–water partition coefficient (Wildman–Crippen LogP) is 0.260. The van der Waals surface area contributed by atoms with Crippen molar-refractivity contribution in [1.82, 2.24) is 9.62 Å². The van der Waals surface area contributed by atoms with Crippen LogP contribution >= 0.6 is 11.6 Å². The Morgan fingerprint density at radius 1 is 1.41 bits per heavy atom. The van der Waals surface area contributed by atoms with Crippen molar-refractivity contribution in [2.45, 2.75) is 24.8 Å². The summed E-state index contributed by atoms with van der Waals surface area (Å²) in [7, 11) is -0.758. The molecule has 1 aromatic rings. The maximum Gasteiger partial charge on any atom is 0.252 e. The minimum atomic E-state index is -3.64. The van der Waals surface area contributed by atoms with Crippen LogP contribution < -0.4 is 10.2 Å². The van der Waals surface area contributed by atoms with E-state index in [4.69, 9.17) is 16.3 Å². The summed E-state index contributed by atoms with van der Waals surface area (Å²) in [6, 6.07) is 4.13. The van der Waals surface area contributed by atoms with E-state index < -0.39 is 15.9 Å². The topological polar surface area (TPSA) is 80.1 Å². The van der Waals surface area contributed by atoms with E-state index in [1.807, 2.05) is 0 Å². The number of nitrogens with one attached hydrogen (secondary N) is 2. The van der Waals surface area contributed by atoms with Gasteiger partial charge < -0.3 is 15.0 Å². The molecular formula is C18H29ClN3O4S+. The van der Waals surface area contributed by atoms with Crippen molar-refractivity contribution in [1.29, 1.82) is 0 Å². The molecule has 1 fully saturated rings. The number of sulfonamides is 1. The molecule has 1 amide bonds. The van der Waals surface area contributed by atoms with E-state index in [1.165, 1.54) is 37.2 Å². The largest absolute Gasteiger partial charge is 0.365 e. The second-order valence-electron chi connectivity index (χ2n) is 7.43. The summed E-state index contributed by atoms with van der Waals surface area (Å²) < 4.78 is 31.4. The Morgan fingerprint density at radius 3 is 2.74 bits per heavy atom. The van der Waals surface area contributed by atoms with Crippen LogP contribution in [0.1, 0.15) is 24.2 Å². The molecule has 2 atom stereocenters. The van der Waals surface area contributed by atoms with Gasteiger partial charge in [-0.3, -0.25) is 4.79 Å². The molecule has 1 aromatic carbocycles. The third-order valence-electron chi connectivity index (χ3n) is 4.47. The number of quaternary nitrogens is 1. The van der Waals surface area contributed by atoms with Crippen LogP contribution in [-0.4, -0.2) is 71.6 Å². The fourth-order valence-electron chi connectivity index (χ4n) is 3.10. The van der Waals surface area contributed by atoms with Crippen LogP contribution in [0.3, 0.4) is 0 Å². The SMILES string of the molecule is CC(C)C[NH+]1CCO[C@@H](CNC(=O)c2cc(S(=O)(=O)N(C)C)ccc2Cl)C1. The second kappa shape index (κ2) is 9.34. The van der Waals surface area contributed by atoms with E-state index in [0.717, 1.165) is 23.9 Å². The Kier molecular flexibility index (Phi) is 7.64. The average Bonchev–Trinajstić information content (AvgIpc) is 2.59. The van der Waals surface area contributed by atoms with Crippen LogP contribution in [0.25, 0.3) is 0 Å². The standard InChI is InChI=1S/C18H28ClN3O4S/c1-13(2)11-22-7-8-26-14(12-22)10-20-18(23)16-9-15(5-6-17(16)19)27(24,25)21(3)4/h5-6,9,13-14H,7-8,10-12H2,1-4H3,(H,20,23)/p+1/t14-/m0/s1. The van der Waals surface area contributed by atoms with Gasteiger partial charge in [-0.1, -0.05) is 25.4 Å². The fraction of sp³-hybridized carbons (Fsp3) is 0.611. The number of halogens is 1. The van der Waals surface area contributed by atoms with Crippen molar-refractivity contribution in [2.24, 2.45) is 5.92 Å². The average molecular weight is 419 g/mol. The van der Waals surface area contributed by atoms with Crippen molar-refractivity contribution in [3.63, 3.8) is 0 Å². The van der Waals surface area contributed by atoms with Gasteiger partial charge in [-0.15, -0.1) is 0 Å². The normalized spacial score (nSPS) is 20.9. The van der Waals surface area contributed by atoms with E-state index >= 15 is 0 Å². The summed E-state index contributed by atoms with van der Waals surface area (Å²) in [5.74, 6) is 0.198. The van der Waals surface area contributed by atoms with Crippen LogP contribution in [-0.2, 0) is 14.8 Å². The minimum absolute atomic E-state index is 0.0310. The highest BCUT2D eigenvalue weighted by Gasteiger charge is 2.26. The first-order valence-electron chi connectivity index (χ1n) is 9.06. The number of carbonyl (C=O) groups is 1. The molecule has 1 heterocycles. The van der Waals surface area contributed by atoms with Gasteiger partial charge in [-0.05, 0) is 18.2 Å². The van der Waals surface area contributed by atoms with E-state index in [-0.39, 0.29) is 21.6 Å². The number of rotatable bonds is 7. The van der Waals surface area contributed by atoms with E-state index in [9.17, 15) is 13.2 Å². The highest BCUT2D eigenvalue weighted by atomic mass is 35.5. The summed E-state index contributed by atoms with van der Waals surface area (Å²) >= 11 is 6.12. The molecule has 0 bridgehead atoms. The third kappa shape index (κ3) is 5.89. The van der Waals surface area contributed by atoms with Gasteiger partial charge >= 0.3 is 0 Å². The summed E-state index contributed by atoms with van der Waals surface area (Å²) in [6.45, 7) is 8.29. The Labute approximate surface area is 166 Å². The van der Waals surface area contributed by atoms with Crippen LogP contribution in [0, 0.1) is 5.92 Å². The monoisotopic (exact) mass is 418 g/mol. The van der Waals surface area contributed by atoms with Crippen LogP contribution in [0.2, 0.25) is 5.02 Å². The van der Waals surface area contributed by atoms with Crippen molar-refractivity contribution < 1.29 is 22.8 Å². The Morgan fingerprint density at radius 2 is 2.11 bits per heavy atom. The van der Waals surface area contributed by atoms with Gasteiger partial charge in [0.2, 0.25) is 10.0 Å². The lowest BCUT2D eigenvalue weighted by molar-refractivity contribution is -0.914. The molecule has 0 aromatic heterocycles. The Hall–Kier alpha value is -1.19. The highest BCUT2D eigenvalue weighted by molar-refractivity contribution is 7.89. The number of hydrogen-bond donors (Lipinski definition) is 2. The van der Waals surface area contributed by atoms with Gasteiger partial charge in [0.1, 0.15) is 19.2 Å². The number of morpholine rings is 1. The predicted molar refractivity (Wildman–Crippen MR) is 105 cm³/mol. The molecule has 2 rings (SSSR count). The van der Waals surface area contributed by atoms with Crippen LogP contribution in [0.5, 0.6) is 0 Å². The molecule has 0 radical (unpaired) electrons. The molecule has 0 saturated carbocycles. The molecule has 27 heavy (non-hydrogen) atoms. The number of benzene rings is 1. The smallest absolute Gasteiger partial charge is 0.252 e. The maximum atomic E-state index is 12.6. The first kappa shape index (κ1) is 22.1. The quantitative estimate of drug-likeness (QED) is 0.665. The van der Waals surface area contributed by atoms with Gasteiger partial charge in [0.25, 0.3) is 5.91 Å². The second-order valence-corrected chi connectivity index (χ2v) is 9.99. The summed E-state index contributed by atoms with van der Waals surface area (Å²) in [4.78, 5) is 14.0. The molecule has 1 aliphatic rings. The molecule has 0 spiro atoms. The minimum Gasteiger partial charge on any atom is -0.365 e. The van der Waals surface area contributed by atoms with E-state index in [1.54, 1.807) is 0 Å². The number of nitrogens with zero attached hydrogens (tertiary/aromatic N) is 1. The molecular weight excluding hydrogens is 390 g/mol. The first-order chi connectivity index (χ1) is 12.6. The Bertz CT molecular complexity index is 768. The number of hydrogen-bond acceptors (Lipinski definition) is 4.